The minimum absolute atomic E-state index is 0.272. The first-order valence-electron chi connectivity index (χ1n) is 3.36. The first kappa shape index (κ1) is 6.84. The zero-order valence-corrected chi connectivity index (χ0v) is 6.33. The van der Waals surface area contributed by atoms with Crippen molar-refractivity contribution < 1.29 is 0 Å². The molecular formula is C6H6N5O. The number of hydrogen-bond donors (Lipinski definition) is 2. The van der Waals surface area contributed by atoms with Crippen LogP contribution in [0.15, 0.2) is 9.79 Å². The summed E-state index contributed by atoms with van der Waals surface area (Å²) in [6.45, 7) is 0. The third-order valence-electron chi connectivity index (χ3n) is 1.48. The molecule has 61 valence electrons. The van der Waals surface area contributed by atoms with Crippen LogP contribution in [0.4, 0.5) is 17.5 Å². The lowest BCUT2D eigenvalue weighted by Gasteiger charge is -1.99. The molecule has 1 aromatic heterocycles. The van der Waals surface area contributed by atoms with Gasteiger partial charge in [-0.3, -0.25) is 9.78 Å². The third kappa shape index (κ3) is 0.849. The van der Waals surface area contributed by atoms with Crippen LogP contribution in [-0.2, 0) is 0 Å². The molecule has 0 aromatic carbocycles. The zero-order valence-electron chi connectivity index (χ0n) is 6.33. The number of nitrogens with zero attached hydrogens (tertiary/aromatic N) is 3. The van der Waals surface area contributed by atoms with Gasteiger partial charge in [-0.15, -0.1) is 0 Å². The van der Waals surface area contributed by atoms with Crippen molar-refractivity contribution in [1.82, 2.24) is 15.3 Å². The standard InChI is InChI=1S/C6H6N5O/c1-7-6-10-4-3(5(12)11-6)8-2-9-4/h2H,1H3,(H2,7,10,11,12). The van der Waals surface area contributed by atoms with E-state index in [0.29, 0.717) is 11.8 Å². The smallest absolute Gasteiger partial charge is 0.280 e. The Hall–Kier alpha value is -1.85. The monoisotopic (exact) mass is 164 g/mol. The highest BCUT2D eigenvalue weighted by molar-refractivity contribution is 5.78. The van der Waals surface area contributed by atoms with E-state index in [-0.39, 0.29) is 11.2 Å². The summed E-state index contributed by atoms with van der Waals surface area (Å²) < 4.78 is 0. The SMILES string of the molecule is CNc1nc2c(c(=O)[nH]1)N=C[N]2. The maximum atomic E-state index is 11.2. The van der Waals surface area contributed by atoms with E-state index >= 15 is 0 Å². The first-order valence-corrected chi connectivity index (χ1v) is 3.36. The van der Waals surface area contributed by atoms with Gasteiger partial charge in [0.15, 0.2) is 11.5 Å². The molecular weight excluding hydrogens is 158 g/mol. The van der Waals surface area contributed by atoms with E-state index in [2.05, 4.69) is 25.6 Å². The lowest BCUT2D eigenvalue weighted by Crippen LogP contribution is -2.10. The lowest BCUT2D eigenvalue weighted by atomic mass is 10.5. The average Bonchev–Trinajstić information content (AvgIpc) is 2.52. The summed E-state index contributed by atoms with van der Waals surface area (Å²) >= 11 is 0. The van der Waals surface area contributed by atoms with Crippen LogP contribution in [-0.4, -0.2) is 23.4 Å². The van der Waals surface area contributed by atoms with Crippen LogP contribution in [0.25, 0.3) is 0 Å². The number of aromatic nitrogens is 2. The van der Waals surface area contributed by atoms with E-state index in [0.717, 1.165) is 0 Å². The Balaban J connectivity index is 2.64. The van der Waals surface area contributed by atoms with Crippen molar-refractivity contribution in [2.75, 3.05) is 12.4 Å². The lowest BCUT2D eigenvalue weighted by molar-refractivity contribution is 1.08. The number of aromatic amines is 1. The molecule has 0 fully saturated rings. The minimum Gasteiger partial charge on any atom is -0.359 e. The van der Waals surface area contributed by atoms with Crippen LogP contribution in [0.3, 0.4) is 0 Å². The number of aliphatic imine (C=N–C) groups is 1. The van der Waals surface area contributed by atoms with Crippen LogP contribution < -0.4 is 16.2 Å². The Bertz CT molecular complexity index is 393. The van der Waals surface area contributed by atoms with Gasteiger partial charge in [-0.05, 0) is 0 Å². The topological polar surface area (TPSA) is 84.2 Å². The average molecular weight is 164 g/mol. The second-order valence-electron chi connectivity index (χ2n) is 2.21. The maximum Gasteiger partial charge on any atom is 0.280 e. The molecule has 0 aliphatic carbocycles. The van der Waals surface area contributed by atoms with E-state index < -0.39 is 0 Å². The Labute approximate surface area is 67.8 Å². The van der Waals surface area contributed by atoms with Gasteiger partial charge in [-0.25, -0.2) is 10.3 Å². The summed E-state index contributed by atoms with van der Waals surface area (Å²) in [5, 5.41) is 6.52. The highest BCUT2D eigenvalue weighted by Crippen LogP contribution is 2.21. The van der Waals surface area contributed by atoms with Gasteiger partial charge in [-0.2, -0.15) is 4.98 Å². The van der Waals surface area contributed by atoms with Crippen molar-refractivity contribution in [3.8, 4) is 0 Å². The molecule has 0 saturated heterocycles. The second kappa shape index (κ2) is 2.33. The minimum atomic E-state index is -0.276. The van der Waals surface area contributed by atoms with Gasteiger partial charge in [-0.1, -0.05) is 0 Å². The number of anilines is 1. The van der Waals surface area contributed by atoms with Crippen molar-refractivity contribution in [2.45, 2.75) is 0 Å². The molecule has 1 aromatic rings. The Morgan fingerprint density at radius 2 is 2.42 bits per heavy atom. The van der Waals surface area contributed by atoms with Crippen molar-refractivity contribution in [3.05, 3.63) is 10.4 Å². The number of H-pyrrole nitrogens is 1. The Kier molecular flexibility index (Phi) is 1.33. The number of fused-ring (bicyclic) bond motifs is 1. The molecule has 0 bridgehead atoms. The molecule has 0 spiro atoms. The second-order valence-corrected chi connectivity index (χ2v) is 2.21. The molecule has 6 heteroatoms. The molecule has 0 saturated carbocycles. The van der Waals surface area contributed by atoms with Crippen LogP contribution in [0, 0.1) is 0 Å². The van der Waals surface area contributed by atoms with E-state index in [1.54, 1.807) is 7.05 Å². The number of nitrogens with one attached hydrogen (secondary N) is 2. The molecule has 6 nitrogen and oxygen atoms in total. The predicted octanol–water partition coefficient (Wildman–Crippen LogP) is -0.279. The summed E-state index contributed by atoms with van der Waals surface area (Å²) in [7, 11) is 1.67. The maximum absolute atomic E-state index is 11.2. The highest BCUT2D eigenvalue weighted by Gasteiger charge is 2.14. The Morgan fingerprint density at radius 3 is 3.17 bits per heavy atom. The summed E-state index contributed by atoms with van der Waals surface area (Å²) in [5.41, 5.74) is -0.00384. The highest BCUT2D eigenvalue weighted by atomic mass is 16.1. The van der Waals surface area contributed by atoms with Crippen molar-refractivity contribution in [3.63, 3.8) is 0 Å². The fourth-order valence-corrected chi connectivity index (χ4v) is 0.921. The van der Waals surface area contributed by atoms with Gasteiger partial charge >= 0.3 is 0 Å². The van der Waals surface area contributed by atoms with Crippen LogP contribution in [0.5, 0.6) is 0 Å². The predicted molar refractivity (Wildman–Crippen MR) is 44.4 cm³/mol. The summed E-state index contributed by atoms with van der Waals surface area (Å²) in [4.78, 5) is 21.4. The van der Waals surface area contributed by atoms with Crippen molar-refractivity contribution >= 4 is 23.8 Å². The molecule has 2 heterocycles. The molecule has 2 N–H and O–H groups in total. The fourth-order valence-electron chi connectivity index (χ4n) is 0.921. The molecule has 0 unspecified atom stereocenters. The Morgan fingerprint density at radius 1 is 1.58 bits per heavy atom. The van der Waals surface area contributed by atoms with Gasteiger partial charge in [0.1, 0.15) is 6.34 Å². The molecule has 12 heavy (non-hydrogen) atoms. The van der Waals surface area contributed by atoms with Gasteiger partial charge < -0.3 is 5.32 Å². The van der Waals surface area contributed by atoms with E-state index in [9.17, 15) is 4.79 Å². The zero-order chi connectivity index (χ0) is 8.55. The van der Waals surface area contributed by atoms with Crippen LogP contribution >= 0.6 is 0 Å². The van der Waals surface area contributed by atoms with E-state index in [4.69, 9.17) is 0 Å². The largest absolute Gasteiger partial charge is 0.359 e. The quantitative estimate of drug-likeness (QED) is 0.598. The van der Waals surface area contributed by atoms with Crippen molar-refractivity contribution in [1.29, 1.82) is 0 Å². The molecule has 1 aliphatic rings. The fraction of sp³-hybridized carbons (Fsp3) is 0.167. The van der Waals surface area contributed by atoms with Gasteiger partial charge in [0.2, 0.25) is 5.95 Å². The van der Waals surface area contributed by atoms with Crippen LogP contribution in [0.1, 0.15) is 0 Å². The normalized spacial score (nSPS) is 12.4. The first-order chi connectivity index (χ1) is 5.81. The summed E-state index contributed by atoms with van der Waals surface area (Å²) in [6.07, 6.45) is 1.31. The van der Waals surface area contributed by atoms with E-state index in [1.807, 2.05) is 0 Å². The molecule has 2 rings (SSSR count). The third-order valence-corrected chi connectivity index (χ3v) is 1.48. The molecule has 1 radical (unpaired) electrons. The number of hydrogen-bond acceptors (Lipinski definition) is 4. The van der Waals surface area contributed by atoms with Gasteiger partial charge in [0.25, 0.3) is 5.56 Å². The summed E-state index contributed by atoms with van der Waals surface area (Å²) in [6, 6.07) is 0. The molecule has 0 amide bonds. The van der Waals surface area contributed by atoms with Crippen LogP contribution in [0.2, 0.25) is 0 Å². The van der Waals surface area contributed by atoms with Gasteiger partial charge in [0, 0.05) is 7.05 Å². The summed E-state index contributed by atoms with van der Waals surface area (Å²) in [5.74, 6) is 0.760. The number of rotatable bonds is 1. The van der Waals surface area contributed by atoms with E-state index in [1.165, 1.54) is 6.34 Å². The van der Waals surface area contributed by atoms with Gasteiger partial charge in [0.05, 0.1) is 0 Å². The van der Waals surface area contributed by atoms with Crippen molar-refractivity contribution in [2.24, 2.45) is 4.99 Å². The molecule has 0 atom stereocenters. The molecule has 1 aliphatic heterocycles.